The molecule has 3 heteroatoms. The lowest BCUT2D eigenvalue weighted by Crippen LogP contribution is -2.25. The maximum absolute atomic E-state index is 6.36. The molecule has 1 aliphatic rings. The van der Waals surface area contributed by atoms with Crippen LogP contribution in [0.1, 0.15) is 42.1 Å². The normalized spacial score (nSPS) is 20.7. The minimum Gasteiger partial charge on any atom is -0.496 e. The summed E-state index contributed by atoms with van der Waals surface area (Å²) in [5.41, 5.74) is 11.6. The monoisotopic (exact) mass is 255 g/mol. The summed E-state index contributed by atoms with van der Waals surface area (Å²) in [5, 5.41) is 0. The van der Waals surface area contributed by atoms with E-state index in [4.69, 9.17) is 10.5 Å². The second-order valence-electron chi connectivity index (χ2n) is 5.58. The summed E-state index contributed by atoms with van der Waals surface area (Å²) in [6.45, 7) is 8.71. The highest BCUT2D eigenvalue weighted by molar-refractivity contribution is 5.85. The van der Waals surface area contributed by atoms with Crippen LogP contribution in [0.4, 0.5) is 0 Å². The van der Waals surface area contributed by atoms with Crippen LogP contribution >= 0.6 is 12.4 Å². The van der Waals surface area contributed by atoms with Crippen molar-refractivity contribution in [3.05, 3.63) is 28.3 Å². The molecule has 17 heavy (non-hydrogen) atoms. The molecule has 0 saturated carbocycles. The second-order valence-corrected chi connectivity index (χ2v) is 5.58. The standard InChI is InChI=1S/C14H21NO.ClH/c1-8-6-9(2)12(16-5)11-10(8)7-14(3,4)13(11)15;/h6,13H,7,15H2,1-5H3;1H. The third-order valence-electron chi connectivity index (χ3n) is 3.83. The van der Waals surface area contributed by atoms with Gasteiger partial charge in [-0.05, 0) is 42.4 Å². The van der Waals surface area contributed by atoms with Gasteiger partial charge < -0.3 is 10.5 Å². The third kappa shape index (κ3) is 2.04. The van der Waals surface area contributed by atoms with E-state index in [1.807, 2.05) is 0 Å². The first-order valence-corrected chi connectivity index (χ1v) is 5.81. The predicted molar refractivity (Wildman–Crippen MR) is 74.1 cm³/mol. The van der Waals surface area contributed by atoms with Crippen LogP contribution < -0.4 is 10.5 Å². The summed E-state index contributed by atoms with van der Waals surface area (Å²) in [4.78, 5) is 0. The molecule has 96 valence electrons. The summed E-state index contributed by atoms with van der Waals surface area (Å²) in [6.07, 6.45) is 1.05. The van der Waals surface area contributed by atoms with Crippen molar-refractivity contribution in [1.82, 2.24) is 0 Å². The van der Waals surface area contributed by atoms with Crippen LogP contribution in [0.15, 0.2) is 6.07 Å². The molecule has 0 aromatic heterocycles. The quantitative estimate of drug-likeness (QED) is 0.836. The Balaban J connectivity index is 0.00000144. The van der Waals surface area contributed by atoms with E-state index < -0.39 is 0 Å². The zero-order valence-corrected chi connectivity index (χ0v) is 12.1. The smallest absolute Gasteiger partial charge is 0.126 e. The van der Waals surface area contributed by atoms with Crippen LogP contribution in [-0.4, -0.2) is 7.11 Å². The van der Waals surface area contributed by atoms with Crippen LogP contribution in [-0.2, 0) is 6.42 Å². The van der Waals surface area contributed by atoms with E-state index in [0.717, 1.165) is 12.2 Å². The van der Waals surface area contributed by atoms with Gasteiger partial charge in [0, 0.05) is 11.6 Å². The molecule has 1 unspecified atom stereocenters. The molecule has 0 radical (unpaired) electrons. The zero-order chi connectivity index (χ0) is 12.1. The highest BCUT2D eigenvalue weighted by Gasteiger charge is 2.39. The molecule has 2 nitrogen and oxygen atoms in total. The molecule has 2 rings (SSSR count). The average molecular weight is 256 g/mol. The van der Waals surface area contributed by atoms with E-state index >= 15 is 0 Å². The minimum absolute atomic E-state index is 0. The molecule has 0 heterocycles. The molecule has 0 amide bonds. The highest BCUT2D eigenvalue weighted by Crippen LogP contribution is 2.49. The molecule has 1 aliphatic carbocycles. The van der Waals surface area contributed by atoms with Gasteiger partial charge in [-0.15, -0.1) is 12.4 Å². The fraction of sp³-hybridized carbons (Fsp3) is 0.571. The number of benzene rings is 1. The number of rotatable bonds is 1. The molecule has 0 aliphatic heterocycles. The number of hydrogen-bond acceptors (Lipinski definition) is 2. The molecule has 0 spiro atoms. The highest BCUT2D eigenvalue weighted by atomic mass is 35.5. The number of ether oxygens (including phenoxy) is 1. The Bertz CT molecular complexity index is 440. The number of aryl methyl sites for hydroxylation is 2. The molecule has 0 saturated heterocycles. The molecule has 0 bridgehead atoms. The Kier molecular flexibility index (Phi) is 3.80. The van der Waals surface area contributed by atoms with E-state index in [1.165, 1.54) is 22.3 Å². The van der Waals surface area contributed by atoms with Crippen LogP contribution in [0.3, 0.4) is 0 Å². The molecule has 1 aromatic carbocycles. The first kappa shape index (κ1) is 14.3. The number of methoxy groups -OCH3 is 1. The fourth-order valence-electron chi connectivity index (χ4n) is 2.83. The van der Waals surface area contributed by atoms with Gasteiger partial charge in [-0.25, -0.2) is 0 Å². The molecular formula is C14H22ClNO. The Labute approximate surface area is 110 Å². The molecule has 1 atom stereocenters. The Hall–Kier alpha value is -0.730. The lowest BCUT2D eigenvalue weighted by molar-refractivity contribution is 0.311. The number of halogens is 1. The first-order valence-electron chi connectivity index (χ1n) is 5.81. The maximum Gasteiger partial charge on any atom is 0.126 e. The van der Waals surface area contributed by atoms with E-state index in [2.05, 4.69) is 33.8 Å². The lowest BCUT2D eigenvalue weighted by atomic mass is 9.86. The van der Waals surface area contributed by atoms with Crippen LogP contribution in [0.25, 0.3) is 0 Å². The molecule has 2 N–H and O–H groups in total. The summed E-state index contributed by atoms with van der Waals surface area (Å²) < 4.78 is 5.53. The largest absolute Gasteiger partial charge is 0.496 e. The Morgan fingerprint density at radius 2 is 1.88 bits per heavy atom. The van der Waals surface area contributed by atoms with E-state index in [9.17, 15) is 0 Å². The topological polar surface area (TPSA) is 35.2 Å². The first-order chi connectivity index (χ1) is 7.38. The number of hydrogen-bond donors (Lipinski definition) is 1. The van der Waals surface area contributed by atoms with E-state index in [-0.39, 0.29) is 23.9 Å². The van der Waals surface area contributed by atoms with Gasteiger partial charge in [-0.2, -0.15) is 0 Å². The van der Waals surface area contributed by atoms with Crippen molar-refractivity contribution < 1.29 is 4.74 Å². The SMILES string of the molecule is COc1c(C)cc(C)c2c1C(N)C(C)(C)C2.Cl. The van der Waals surface area contributed by atoms with Gasteiger partial charge >= 0.3 is 0 Å². The van der Waals surface area contributed by atoms with Crippen molar-refractivity contribution in [2.24, 2.45) is 11.1 Å². The predicted octanol–water partition coefficient (Wildman–Crippen LogP) is 3.32. The van der Waals surface area contributed by atoms with Crippen LogP contribution in [0.5, 0.6) is 5.75 Å². The van der Waals surface area contributed by atoms with E-state index in [0.29, 0.717) is 0 Å². The third-order valence-corrected chi connectivity index (χ3v) is 3.83. The summed E-state index contributed by atoms with van der Waals surface area (Å²) in [7, 11) is 1.73. The summed E-state index contributed by atoms with van der Waals surface area (Å²) in [6, 6.07) is 2.28. The minimum atomic E-state index is 0. The van der Waals surface area contributed by atoms with Gasteiger partial charge in [0.25, 0.3) is 0 Å². The van der Waals surface area contributed by atoms with Gasteiger partial charge in [0.15, 0.2) is 0 Å². The fourth-order valence-corrected chi connectivity index (χ4v) is 2.83. The van der Waals surface area contributed by atoms with Crippen molar-refractivity contribution in [1.29, 1.82) is 0 Å². The van der Waals surface area contributed by atoms with Crippen molar-refractivity contribution in [2.75, 3.05) is 7.11 Å². The summed E-state index contributed by atoms with van der Waals surface area (Å²) in [5.74, 6) is 0.985. The molecular weight excluding hydrogens is 234 g/mol. The van der Waals surface area contributed by atoms with E-state index in [1.54, 1.807) is 7.11 Å². The van der Waals surface area contributed by atoms with Crippen molar-refractivity contribution >= 4 is 12.4 Å². The Morgan fingerprint density at radius 1 is 1.29 bits per heavy atom. The van der Waals surface area contributed by atoms with Gasteiger partial charge in [0.05, 0.1) is 7.11 Å². The zero-order valence-electron chi connectivity index (χ0n) is 11.3. The Morgan fingerprint density at radius 3 is 2.41 bits per heavy atom. The number of fused-ring (bicyclic) bond motifs is 1. The number of nitrogens with two attached hydrogens (primary N) is 1. The second kappa shape index (κ2) is 4.51. The van der Waals surface area contributed by atoms with Gasteiger partial charge in [0.2, 0.25) is 0 Å². The lowest BCUT2D eigenvalue weighted by Gasteiger charge is -2.24. The van der Waals surface area contributed by atoms with Gasteiger partial charge in [0.1, 0.15) is 5.75 Å². The average Bonchev–Trinajstić information content (AvgIpc) is 2.42. The molecule has 0 fully saturated rings. The van der Waals surface area contributed by atoms with Gasteiger partial charge in [-0.1, -0.05) is 19.9 Å². The maximum atomic E-state index is 6.36. The van der Waals surface area contributed by atoms with Crippen molar-refractivity contribution in [2.45, 2.75) is 40.2 Å². The molecule has 1 aromatic rings. The van der Waals surface area contributed by atoms with Crippen molar-refractivity contribution in [3.8, 4) is 5.75 Å². The van der Waals surface area contributed by atoms with Crippen LogP contribution in [0.2, 0.25) is 0 Å². The van der Waals surface area contributed by atoms with Gasteiger partial charge in [-0.3, -0.25) is 0 Å². The summed E-state index contributed by atoms with van der Waals surface area (Å²) >= 11 is 0. The van der Waals surface area contributed by atoms with Crippen LogP contribution in [0, 0.1) is 19.3 Å². The van der Waals surface area contributed by atoms with Crippen molar-refractivity contribution in [3.63, 3.8) is 0 Å².